The number of aryl methyl sites for hydroxylation is 1. The highest BCUT2D eigenvalue weighted by Gasteiger charge is 2.13. The fourth-order valence-corrected chi connectivity index (χ4v) is 3.40. The molecule has 3 N–H and O–H groups in total. The molecule has 23 heavy (non-hydrogen) atoms. The molecule has 4 nitrogen and oxygen atoms in total. The van der Waals surface area contributed by atoms with E-state index < -0.39 is 10.0 Å². The van der Waals surface area contributed by atoms with E-state index in [0.29, 0.717) is 10.7 Å². The van der Waals surface area contributed by atoms with Gasteiger partial charge in [-0.3, -0.25) is 4.72 Å². The first-order valence-corrected chi connectivity index (χ1v) is 9.45. The van der Waals surface area contributed by atoms with E-state index in [4.69, 9.17) is 17.3 Å². The van der Waals surface area contributed by atoms with Crippen molar-refractivity contribution in [3.8, 4) is 0 Å². The summed E-state index contributed by atoms with van der Waals surface area (Å²) in [5.41, 5.74) is 7.21. The van der Waals surface area contributed by atoms with Crippen molar-refractivity contribution in [3.05, 3.63) is 59.1 Å². The van der Waals surface area contributed by atoms with Crippen molar-refractivity contribution in [2.24, 2.45) is 5.73 Å². The van der Waals surface area contributed by atoms with Gasteiger partial charge in [0.15, 0.2) is 0 Å². The summed E-state index contributed by atoms with van der Waals surface area (Å²) in [6, 6.07) is 13.5. The second-order valence-corrected chi connectivity index (χ2v) is 7.47. The Morgan fingerprint density at radius 3 is 2.17 bits per heavy atom. The Hall–Kier alpha value is -1.56. The smallest absolute Gasteiger partial charge is 0.261 e. The van der Waals surface area contributed by atoms with Gasteiger partial charge in [0.1, 0.15) is 0 Å². The molecule has 0 spiro atoms. The first-order valence-electron chi connectivity index (χ1n) is 7.59. The van der Waals surface area contributed by atoms with Gasteiger partial charge in [-0.2, -0.15) is 0 Å². The summed E-state index contributed by atoms with van der Waals surface area (Å²) in [6.07, 6.45) is 4.22. The summed E-state index contributed by atoms with van der Waals surface area (Å²) in [6.45, 7) is 0.728. The molecule has 0 atom stereocenters. The van der Waals surface area contributed by atoms with E-state index in [-0.39, 0.29) is 4.90 Å². The van der Waals surface area contributed by atoms with Gasteiger partial charge in [-0.15, -0.1) is 0 Å². The Morgan fingerprint density at radius 1 is 0.913 bits per heavy atom. The molecular weight excluding hydrogens is 332 g/mol. The van der Waals surface area contributed by atoms with Crippen LogP contribution in [0.25, 0.3) is 0 Å². The number of anilines is 1. The molecular formula is C17H21ClN2O2S. The van der Waals surface area contributed by atoms with Crippen LogP contribution in [0, 0.1) is 0 Å². The molecule has 0 aromatic heterocycles. The predicted molar refractivity (Wildman–Crippen MR) is 95.3 cm³/mol. The zero-order valence-electron chi connectivity index (χ0n) is 12.8. The first-order chi connectivity index (χ1) is 11.0. The van der Waals surface area contributed by atoms with Gasteiger partial charge in [-0.25, -0.2) is 8.42 Å². The Labute approximate surface area is 142 Å². The largest absolute Gasteiger partial charge is 0.330 e. The third-order valence-electron chi connectivity index (χ3n) is 3.50. The molecule has 2 aromatic rings. The fourth-order valence-electron chi connectivity index (χ4n) is 2.22. The van der Waals surface area contributed by atoms with Gasteiger partial charge in [-0.05, 0) is 67.8 Å². The number of nitrogens with two attached hydrogens (primary N) is 1. The quantitative estimate of drug-likeness (QED) is 0.709. The van der Waals surface area contributed by atoms with Crippen molar-refractivity contribution in [2.75, 3.05) is 11.3 Å². The standard InChI is InChI=1S/C17H21ClN2O2S/c18-15-7-11-17(12-8-15)23(21,22)20-16-9-5-14(6-10-16)4-2-1-3-13-19/h5-12,20H,1-4,13,19H2. The summed E-state index contributed by atoms with van der Waals surface area (Å²) >= 11 is 5.78. The van der Waals surface area contributed by atoms with E-state index in [1.54, 1.807) is 24.3 Å². The molecule has 0 amide bonds. The molecule has 6 heteroatoms. The number of nitrogens with one attached hydrogen (secondary N) is 1. The maximum Gasteiger partial charge on any atom is 0.261 e. The molecule has 0 saturated carbocycles. The van der Waals surface area contributed by atoms with Gasteiger partial charge >= 0.3 is 0 Å². The van der Waals surface area contributed by atoms with E-state index in [1.165, 1.54) is 17.7 Å². The van der Waals surface area contributed by atoms with Crippen LogP contribution in [0.5, 0.6) is 0 Å². The molecule has 0 fully saturated rings. The van der Waals surface area contributed by atoms with Crippen LogP contribution in [0.1, 0.15) is 24.8 Å². The zero-order valence-corrected chi connectivity index (χ0v) is 14.4. The second kappa shape index (κ2) is 8.34. The third-order valence-corrected chi connectivity index (χ3v) is 5.15. The normalized spacial score (nSPS) is 11.4. The van der Waals surface area contributed by atoms with Crippen molar-refractivity contribution < 1.29 is 8.42 Å². The Morgan fingerprint density at radius 2 is 1.57 bits per heavy atom. The third kappa shape index (κ3) is 5.53. The van der Waals surface area contributed by atoms with Gasteiger partial charge in [0.25, 0.3) is 10.0 Å². The molecule has 0 bridgehead atoms. The van der Waals surface area contributed by atoms with Crippen LogP contribution < -0.4 is 10.5 Å². The Bertz CT molecular complexity index is 713. The van der Waals surface area contributed by atoms with Gasteiger partial charge < -0.3 is 5.73 Å². The second-order valence-electron chi connectivity index (χ2n) is 5.36. The lowest BCUT2D eigenvalue weighted by Gasteiger charge is -2.09. The minimum atomic E-state index is -3.59. The highest BCUT2D eigenvalue weighted by Crippen LogP contribution is 2.19. The topological polar surface area (TPSA) is 72.2 Å². The SMILES string of the molecule is NCCCCCc1ccc(NS(=O)(=O)c2ccc(Cl)cc2)cc1. The lowest BCUT2D eigenvalue weighted by Crippen LogP contribution is -2.12. The molecule has 0 aliphatic heterocycles. The van der Waals surface area contributed by atoms with Crippen LogP contribution in [0.15, 0.2) is 53.4 Å². The Kier molecular flexibility index (Phi) is 6.45. The van der Waals surface area contributed by atoms with Gasteiger partial charge in [-0.1, -0.05) is 30.2 Å². The number of sulfonamides is 1. The van der Waals surface area contributed by atoms with Crippen LogP contribution in [-0.2, 0) is 16.4 Å². The maximum atomic E-state index is 12.3. The maximum absolute atomic E-state index is 12.3. The summed E-state index contributed by atoms with van der Waals surface area (Å²) in [7, 11) is -3.59. The summed E-state index contributed by atoms with van der Waals surface area (Å²) in [5.74, 6) is 0. The molecule has 2 aromatic carbocycles. The van der Waals surface area contributed by atoms with Gasteiger partial charge in [0, 0.05) is 10.7 Å². The number of benzene rings is 2. The number of halogens is 1. The van der Waals surface area contributed by atoms with Crippen molar-refractivity contribution in [1.82, 2.24) is 0 Å². The first kappa shape index (κ1) is 17.8. The summed E-state index contributed by atoms with van der Waals surface area (Å²) in [4.78, 5) is 0.188. The lowest BCUT2D eigenvalue weighted by atomic mass is 10.1. The molecule has 0 heterocycles. The fraction of sp³-hybridized carbons (Fsp3) is 0.294. The summed E-state index contributed by atoms with van der Waals surface area (Å²) in [5, 5.41) is 0.503. The molecule has 2 rings (SSSR count). The summed E-state index contributed by atoms with van der Waals surface area (Å²) < 4.78 is 27.1. The van der Waals surface area contributed by atoms with Crippen LogP contribution in [0.4, 0.5) is 5.69 Å². The minimum absolute atomic E-state index is 0.188. The predicted octanol–water partition coefficient (Wildman–Crippen LogP) is 3.81. The van der Waals surface area contributed by atoms with Crippen molar-refractivity contribution in [1.29, 1.82) is 0 Å². The van der Waals surface area contributed by atoms with Crippen LogP contribution in [-0.4, -0.2) is 15.0 Å². The number of hydrogen-bond donors (Lipinski definition) is 2. The molecule has 0 saturated heterocycles. The molecule has 0 aliphatic rings. The molecule has 0 aliphatic carbocycles. The van der Waals surface area contributed by atoms with E-state index in [2.05, 4.69) is 4.72 Å². The Balaban J connectivity index is 1.98. The lowest BCUT2D eigenvalue weighted by molar-refractivity contribution is 0.601. The zero-order chi connectivity index (χ0) is 16.7. The molecule has 0 radical (unpaired) electrons. The highest BCUT2D eigenvalue weighted by atomic mass is 35.5. The average molecular weight is 353 g/mol. The van der Waals surface area contributed by atoms with E-state index in [0.717, 1.165) is 32.2 Å². The average Bonchev–Trinajstić information content (AvgIpc) is 2.53. The minimum Gasteiger partial charge on any atom is -0.330 e. The van der Waals surface area contributed by atoms with Crippen molar-refractivity contribution in [2.45, 2.75) is 30.6 Å². The van der Waals surface area contributed by atoms with E-state index in [9.17, 15) is 8.42 Å². The van der Waals surface area contributed by atoms with Crippen LogP contribution in [0.3, 0.4) is 0 Å². The van der Waals surface area contributed by atoms with Gasteiger partial charge in [0.05, 0.1) is 4.90 Å². The molecule has 124 valence electrons. The molecule has 0 unspecified atom stereocenters. The number of unbranched alkanes of at least 4 members (excludes halogenated alkanes) is 2. The number of hydrogen-bond acceptors (Lipinski definition) is 3. The van der Waals surface area contributed by atoms with E-state index in [1.807, 2.05) is 12.1 Å². The number of rotatable bonds is 8. The van der Waals surface area contributed by atoms with E-state index >= 15 is 0 Å². The van der Waals surface area contributed by atoms with Crippen LogP contribution >= 0.6 is 11.6 Å². The van der Waals surface area contributed by atoms with Gasteiger partial charge in [0.2, 0.25) is 0 Å². The van der Waals surface area contributed by atoms with Crippen molar-refractivity contribution in [3.63, 3.8) is 0 Å². The van der Waals surface area contributed by atoms with Crippen LogP contribution in [0.2, 0.25) is 5.02 Å². The van der Waals surface area contributed by atoms with Crippen molar-refractivity contribution >= 4 is 27.3 Å². The monoisotopic (exact) mass is 352 g/mol. The highest BCUT2D eigenvalue weighted by molar-refractivity contribution is 7.92.